The number of hydrogen-bond acceptors (Lipinski definition) is 4. The van der Waals surface area contributed by atoms with Gasteiger partial charge >= 0.3 is 0 Å². The van der Waals surface area contributed by atoms with Crippen LogP contribution in [-0.4, -0.2) is 24.1 Å². The lowest BCUT2D eigenvalue weighted by Gasteiger charge is -2.09. The summed E-state index contributed by atoms with van der Waals surface area (Å²) in [6.07, 6.45) is 1.70. The van der Waals surface area contributed by atoms with Crippen molar-refractivity contribution in [3.63, 3.8) is 0 Å². The van der Waals surface area contributed by atoms with Crippen LogP contribution >= 0.6 is 23.8 Å². The molecule has 0 saturated carbocycles. The van der Waals surface area contributed by atoms with Gasteiger partial charge < -0.3 is 4.57 Å². The summed E-state index contributed by atoms with van der Waals surface area (Å²) in [5, 5.41) is 5.11. The van der Waals surface area contributed by atoms with Gasteiger partial charge in [0.15, 0.2) is 5.82 Å². The van der Waals surface area contributed by atoms with Crippen molar-refractivity contribution in [1.29, 1.82) is 0 Å². The Morgan fingerprint density at radius 3 is 2.55 bits per heavy atom. The first-order chi connectivity index (χ1) is 9.56. The topological polar surface area (TPSA) is 48.0 Å². The van der Waals surface area contributed by atoms with Crippen LogP contribution in [0.1, 0.15) is 19.9 Å². The number of halogens is 1. The smallest absolute Gasteiger partial charge is 0.256 e. The first kappa shape index (κ1) is 13.2. The summed E-state index contributed by atoms with van der Waals surface area (Å²) in [5.41, 5.74) is 0.880. The zero-order valence-corrected chi connectivity index (χ0v) is 12.6. The average molecular weight is 306 g/mol. The van der Waals surface area contributed by atoms with Crippen molar-refractivity contribution in [1.82, 2.24) is 24.1 Å². The molecule has 3 rings (SSSR count). The summed E-state index contributed by atoms with van der Waals surface area (Å²) >= 11 is 11.3. The van der Waals surface area contributed by atoms with Crippen LogP contribution in [0.3, 0.4) is 0 Å². The van der Waals surface area contributed by atoms with Crippen molar-refractivity contribution < 1.29 is 0 Å². The van der Waals surface area contributed by atoms with Gasteiger partial charge in [0.1, 0.15) is 6.33 Å². The second-order valence-corrected chi connectivity index (χ2v) is 5.48. The predicted molar refractivity (Wildman–Crippen MR) is 80.4 cm³/mol. The van der Waals surface area contributed by atoms with Crippen molar-refractivity contribution >= 4 is 29.6 Å². The van der Waals surface area contributed by atoms with Crippen LogP contribution in [0.4, 0.5) is 0 Å². The molecular formula is C13H12ClN5S. The van der Waals surface area contributed by atoms with Gasteiger partial charge in [-0.1, -0.05) is 11.6 Å². The third-order valence-corrected chi connectivity index (χ3v) is 3.58. The molecule has 102 valence electrons. The van der Waals surface area contributed by atoms with Gasteiger partial charge in [0.25, 0.3) is 5.78 Å². The summed E-state index contributed by atoms with van der Waals surface area (Å²) in [6, 6.07) is 7.58. The highest BCUT2D eigenvalue weighted by molar-refractivity contribution is 7.71. The number of hydrogen-bond donors (Lipinski definition) is 0. The van der Waals surface area contributed by atoms with Gasteiger partial charge in [0.05, 0.1) is 0 Å². The molecule has 3 aromatic rings. The summed E-state index contributed by atoms with van der Waals surface area (Å²) in [6.45, 7) is 4.08. The standard InChI is InChI=1S/C13H12ClN5S/c1-8(2)18-7-15-12-16-11(17-19(12)13(18)20)9-3-5-10(14)6-4-9/h3-8H,1-2H3. The summed E-state index contributed by atoms with van der Waals surface area (Å²) in [7, 11) is 0. The largest absolute Gasteiger partial charge is 0.305 e. The second-order valence-electron chi connectivity index (χ2n) is 4.68. The predicted octanol–water partition coefficient (Wildman–Crippen LogP) is 3.56. The van der Waals surface area contributed by atoms with Crippen LogP contribution in [0.15, 0.2) is 30.6 Å². The maximum atomic E-state index is 5.88. The molecule has 0 N–H and O–H groups in total. The van der Waals surface area contributed by atoms with Crippen LogP contribution in [0, 0.1) is 4.77 Å². The van der Waals surface area contributed by atoms with Crippen molar-refractivity contribution in [2.24, 2.45) is 0 Å². The molecule has 0 bridgehead atoms. The molecule has 0 amide bonds. The summed E-state index contributed by atoms with van der Waals surface area (Å²) in [4.78, 5) is 8.68. The van der Waals surface area contributed by atoms with E-state index in [1.54, 1.807) is 23.0 Å². The molecule has 0 radical (unpaired) electrons. The van der Waals surface area contributed by atoms with Gasteiger partial charge in [-0.2, -0.15) is 9.50 Å². The van der Waals surface area contributed by atoms with Crippen LogP contribution in [0.5, 0.6) is 0 Å². The van der Waals surface area contributed by atoms with Crippen LogP contribution in [0.2, 0.25) is 5.02 Å². The molecule has 0 atom stereocenters. The van der Waals surface area contributed by atoms with Gasteiger partial charge in [-0.25, -0.2) is 4.98 Å². The van der Waals surface area contributed by atoms with Gasteiger partial charge in [-0.05, 0) is 50.3 Å². The maximum Gasteiger partial charge on any atom is 0.256 e. The van der Waals surface area contributed by atoms with Crippen molar-refractivity contribution in [2.75, 3.05) is 0 Å². The minimum absolute atomic E-state index is 0.225. The van der Waals surface area contributed by atoms with Crippen LogP contribution in [-0.2, 0) is 0 Å². The minimum atomic E-state index is 0.225. The highest BCUT2D eigenvalue weighted by Gasteiger charge is 2.10. The van der Waals surface area contributed by atoms with E-state index in [0.717, 1.165) is 5.56 Å². The second kappa shape index (κ2) is 4.96. The monoisotopic (exact) mass is 305 g/mol. The minimum Gasteiger partial charge on any atom is -0.305 e. The van der Waals surface area contributed by atoms with Gasteiger partial charge in [-0.3, -0.25) is 0 Å². The third-order valence-electron chi connectivity index (χ3n) is 2.95. The highest BCUT2D eigenvalue weighted by Crippen LogP contribution is 2.19. The molecule has 2 aromatic heterocycles. The Balaban J connectivity index is 2.18. The molecule has 2 heterocycles. The fourth-order valence-corrected chi connectivity index (χ4v) is 2.37. The number of aromatic nitrogens is 5. The molecule has 7 heteroatoms. The Kier molecular flexibility index (Phi) is 3.27. The normalized spacial score (nSPS) is 11.4. The van der Waals surface area contributed by atoms with E-state index in [-0.39, 0.29) is 6.04 Å². The molecule has 0 saturated heterocycles. The fourth-order valence-electron chi connectivity index (χ4n) is 1.86. The highest BCUT2D eigenvalue weighted by atomic mass is 35.5. The SMILES string of the molecule is CC(C)n1cnc2nc(-c3ccc(Cl)cc3)nn2c1=S. The van der Waals surface area contributed by atoms with E-state index in [0.29, 0.717) is 21.4 Å². The molecule has 0 aliphatic rings. The van der Waals surface area contributed by atoms with E-state index in [4.69, 9.17) is 23.8 Å². The molecule has 0 aliphatic heterocycles. The van der Waals surface area contributed by atoms with Crippen LogP contribution < -0.4 is 0 Å². The van der Waals surface area contributed by atoms with Gasteiger partial charge in [-0.15, -0.1) is 5.10 Å². The lowest BCUT2D eigenvalue weighted by atomic mass is 10.2. The maximum absolute atomic E-state index is 5.88. The summed E-state index contributed by atoms with van der Waals surface area (Å²) in [5.74, 6) is 1.08. The fraction of sp³-hybridized carbons (Fsp3) is 0.231. The number of rotatable bonds is 2. The van der Waals surface area contributed by atoms with E-state index in [1.807, 2.05) is 30.5 Å². The molecule has 5 nitrogen and oxygen atoms in total. The lowest BCUT2D eigenvalue weighted by Crippen LogP contribution is -2.09. The summed E-state index contributed by atoms with van der Waals surface area (Å²) < 4.78 is 4.04. The lowest BCUT2D eigenvalue weighted by molar-refractivity contribution is 0.553. The average Bonchev–Trinajstić information content (AvgIpc) is 2.84. The van der Waals surface area contributed by atoms with Crippen molar-refractivity contribution in [3.05, 3.63) is 40.4 Å². The van der Waals surface area contributed by atoms with Crippen molar-refractivity contribution in [3.8, 4) is 11.4 Å². The van der Waals surface area contributed by atoms with E-state index in [9.17, 15) is 0 Å². The number of benzene rings is 1. The van der Waals surface area contributed by atoms with E-state index >= 15 is 0 Å². The molecular weight excluding hydrogens is 294 g/mol. The van der Waals surface area contributed by atoms with E-state index in [2.05, 4.69) is 15.1 Å². The molecule has 20 heavy (non-hydrogen) atoms. The van der Waals surface area contributed by atoms with Gasteiger partial charge in [0, 0.05) is 16.6 Å². The van der Waals surface area contributed by atoms with Gasteiger partial charge in [0.2, 0.25) is 4.77 Å². The van der Waals surface area contributed by atoms with E-state index in [1.165, 1.54) is 0 Å². The molecule has 0 unspecified atom stereocenters. The first-order valence-electron chi connectivity index (χ1n) is 6.16. The first-order valence-corrected chi connectivity index (χ1v) is 6.95. The molecule has 1 aromatic carbocycles. The Bertz CT molecular complexity index is 819. The number of fused-ring (bicyclic) bond motifs is 1. The van der Waals surface area contributed by atoms with Crippen LogP contribution in [0.25, 0.3) is 17.2 Å². The molecule has 0 aliphatic carbocycles. The Morgan fingerprint density at radius 2 is 1.90 bits per heavy atom. The Labute approximate surface area is 125 Å². The Hall–Kier alpha value is -1.79. The van der Waals surface area contributed by atoms with Crippen molar-refractivity contribution in [2.45, 2.75) is 19.9 Å². The quantitative estimate of drug-likeness (QED) is 0.679. The van der Waals surface area contributed by atoms with E-state index < -0.39 is 0 Å². The number of nitrogens with zero attached hydrogens (tertiary/aromatic N) is 5. The zero-order valence-electron chi connectivity index (χ0n) is 11.0. The molecule has 0 spiro atoms. The third kappa shape index (κ3) is 2.21. The zero-order chi connectivity index (χ0) is 14.3. The molecule has 0 fully saturated rings. The Morgan fingerprint density at radius 1 is 1.20 bits per heavy atom.